The van der Waals surface area contributed by atoms with Gasteiger partial charge in [-0.25, -0.2) is 0 Å². The number of rotatable bonds is 3. The number of hydrogen-bond acceptors (Lipinski definition) is 5. The fourth-order valence-electron chi connectivity index (χ4n) is 2.44. The van der Waals surface area contributed by atoms with Crippen LogP contribution in [0.1, 0.15) is 16.2 Å². The highest BCUT2D eigenvalue weighted by atomic mass is 127. The van der Waals surface area contributed by atoms with E-state index >= 15 is 0 Å². The maximum absolute atomic E-state index is 12.6. The summed E-state index contributed by atoms with van der Waals surface area (Å²) in [6.07, 6.45) is 0. The zero-order chi connectivity index (χ0) is 17.4. The van der Waals surface area contributed by atoms with Crippen LogP contribution in [-0.2, 0) is 0 Å². The number of aromatic nitrogens is 4. The van der Waals surface area contributed by atoms with E-state index in [-0.39, 0.29) is 5.91 Å². The number of carbonyl (C=O) groups is 1. The van der Waals surface area contributed by atoms with Crippen molar-refractivity contribution in [1.29, 1.82) is 0 Å². The Morgan fingerprint density at radius 2 is 1.88 bits per heavy atom. The van der Waals surface area contributed by atoms with Gasteiger partial charge in [-0.2, -0.15) is 9.61 Å². The molecule has 0 radical (unpaired) electrons. The number of benzene rings is 2. The first kappa shape index (κ1) is 16.2. The summed E-state index contributed by atoms with van der Waals surface area (Å²) in [6, 6.07) is 15.1. The van der Waals surface area contributed by atoms with Gasteiger partial charge in [0.1, 0.15) is 5.01 Å². The van der Waals surface area contributed by atoms with Gasteiger partial charge in [-0.1, -0.05) is 35.6 Å². The average Bonchev–Trinajstić information content (AvgIpc) is 3.18. The van der Waals surface area contributed by atoms with Crippen LogP contribution in [0.2, 0.25) is 0 Å². The Morgan fingerprint density at radius 3 is 2.68 bits per heavy atom. The largest absolute Gasteiger partial charge is 0.321 e. The molecule has 0 unspecified atom stereocenters. The normalized spacial score (nSPS) is 11.0. The molecule has 0 saturated carbocycles. The number of fused-ring (bicyclic) bond motifs is 1. The van der Waals surface area contributed by atoms with Gasteiger partial charge < -0.3 is 5.32 Å². The van der Waals surface area contributed by atoms with Crippen molar-refractivity contribution in [2.24, 2.45) is 0 Å². The number of aryl methyl sites for hydroxylation is 1. The average molecular weight is 461 g/mol. The van der Waals surface area contributed by atoms with Crippen LogP contribution in [0.5, 0.6) is 0 Å². The number of anilines is 1. The number of carbonyl (C=O) groups excluding carboxylic acids is 1. The van der Waals surface area contributed by atoms with E-state index in [1.54, 1.807) is 4.52 Å². The Kier molecular flexibility index (Phi) is 4.22. The van der Waals surface area contributed by atoms with Gasteiger partial charge in [0.15, 0.2) is 5.82 Å². The van der Waals surface area contributed by atoms with E-state index < -0.39 is 0 Å². The van der Waals surface area contributed by atoms with Gasteiger partial charge in [0, 0.05) is 9.13 Å². The van der Waals surface area contributed by atoms with E-state index in [0.29, 0.717) is 5.56 Å². The van der Waals surface area contributed by atoms with Gasteiger partial charge in [0.05, 0.1) is 11.3 Å². The second-order valence-electron chi connectivity index (χ2n) is 5.33. The molecule has 2 aromatic heterocycles. The minimum Gasteiger partial charge on any atom is -0.321 e. The van der Waals surface area contributed by atoms with Crippen LogP contribution >= 0.6 is 33.9 Å². The van der Waals surface area contributed by atoms with Gasteiger partial charge >= 0.3 is 0 Å². The van der Waals surface area contributed by atoms with Crippen molar-refractivity contribution in [3.05, 3.63) is 63.5 Å². The number of hydrogen-bond donors (Lipinski definition) is 1. The number of halogens is 1. The summed E-state index contributed by atoms with van der Waals surface area (Å²) in [7, 11) is 0. The standard InChI is InChI=1S/C17H12IN5OS/c1-10-20-21-17-23(10)22-16(25-17)12-7-3-5-9-14(12)19-15(24)11-6-2-4-8-13(11)18/h2-9H,1H3,(H,19,24). The number of nitrogens with zero attached hydrogens (tertiary/aromatic N) is 4. The summed E-state index contributed by atoms with van der Waals surface area (Å²) in [5, 5.41) is 16.4. The van der Waals surface area contributed by atoms with E-state index in [9.17, 15) is 4.79 Å². The molecular weight excluding hydrogens is 449 g/mol. The summed E-state index contributed by atoms with van der Waals surface area (Å²) in [4.78, 5) is 13.4. The molecule has 0 aliphatic heterocycles. The zero-order valence-electron chi connectivity index (χ0n) is 13.1. The lowest BCUT2D eigenvalue weighted by Gasteiger charge is -2.10. The third-order valence-corrected chi connectivity index (χ3v) is 5.54. The molecule has 0 aliphatic carbocycles. The summed E-state index contributed by atoms with van der Waals surface area (Å²) in [5.74, 6) is 0.592. The molecule has 1 amide bonds. The first-order valence-electron chi connectivity index (χ1n) is 7.47. The zero-order valence-corrected chi connectivity index (χ0v) is 16.1. The second-order valence-corrected chi connectivity index (χ2v) is 7.45. The van der Waals surface area contributed by atoms with Crippen molar-refractivity contribution >= 4 is 50.5 Å². The summed E-state index contributed by atoms with van der Waals surface area (Å²) in [6.45, 7) is 1.86. The lowest BCUT2D eigenvalue weighted by Crippen LogP contribution is -2.14. The predicted molar refractivity (Wildman–Crippen MR) is 106 cm³/mol. The Labute approximate surface area is 161 Å². The van der Waals surface area contributed by atoms with Crippen LogP contribution in [0.3, 0.4) is 0 Å². The summed E-state index contributed by atoms with van der Waals surface area (Å²) < 4.78 is 2.61. The third-order valence-electron chi connectivity index (χ3n) is 3.67. The Morgan fingerprint density at radius 1 is 1.12 bits per heavy atom. The molecule has 0 fully saturated rings. The molecule has 0 bridgehead atoms. The van der Waals surface area contributed by atoms with Crippen LogP contribution < -0.4 is 5.32 Å². The molecule has 1 N–H and O–H groups in total. The molecule has 4 aromatic rings. The SMILES string of the molecule is Cc1nnc2sc(-c3ccccc3NC(=O)c3ccccc3I)nn12. The van der Waals surface area contributed by atoms with E-state index in [0.717, 1.165) is 30.6 Å². The molecule has 0 saturated heterocycles. The molecule has 8 heteroatoms. The molecule has 0 spiro atoms. The van der Waals surface area contributed by atoms with E-state index in [1.165, 1.54) is 11.3 Å². The van der Waals surface area contributed by atoms with Crippen LogP contribution in [-0.4, -0.2) is 25.7 Å². The van der Waals surface area contributed by atoms with Crippen LogP contribution in [0.25, 0.3) is 15.5 Å². The van der Waals surface area contributed by atoms with E-state index in [1.807, 2.05) is 55.5 Å². The molecule has 6 nitrogen and oxygen atoms in total. The van der Waals surface area contributed by atoms with Gasteiger partial charge in [-0.05, 0) is 53.8 Å². The highest BCUT2D eigenvalue weighted by molar-refractivity contribution is 14.1. The lowest BCUT2D eigenvalue weighted by atomic mass is 10.1. The van der Waals surface area contributed by atoms with Gasteiger partial charge in [0.25, 0.3) is 5.91 Å². The quantitative estimate of drug-likeness (QED) is 0.468. The molecule has 2 heterocycles. The van der Waals surface area contributed by atoms with Crippen LogP contribution in [0.15, 0.2) is 48.5 Å². The van der Waals surface area contributed by atoms with Crippen molar-refractivity contribution in [2.45, 2.75) is 6.92 Å². The van der Waals surface area contributed by atoms with Gasteiger partial charge in [-0.3, -0.25) is 4.79 Å². The maximum atomic E-state index is 12.6. The minimum atomic E-state index is -0.142. The minimum absolute atomic E-state index is 0.142. The van der Waals surface area contributed by atoms with Crippen molar-refractivity contribution in [1.82, 2.24) is 19.8 Å². The Balaban J connectivity index is 1.72. The first-order valence-corrected chi connectivity index (χ1v) is 9.37. The summed E-state index contributed by atoms with van der Waals surface area (Å²) in [5.41, 5.74) is 2.22. The predicted octanol–water partition coefficient (Wildman–Crippen LogP) is 4.02. The van der Waals surface area contributed by atoms with Crippen molar-refractivity contribution in [2.75, 3.05) is 5.32 Å². The molecular formula is C17H12IN5OS. The topological polar surface area (TPSA) is 72.2 Å². The highest BCUT2D eigenvalue weighted by Gasteiger charge is 2.16. The van der Waals surface area contributed by atoms with Crippen LogP contribution in [0.4, 0.5) is 5.69 Å². The highest BCUT2D eigenvalue weighted by Crippen LogP contribution is 2.31. The van der Waals surface area contributed by atoms with Crippen molar-refractivity contribution in [3.8, 4) is 10.6 Å². The number of para-hydroxylation sites is 1. The number of nitrogens with one attached hydrogen (secondary N) is 1. The maximum Gasteiger partial charge on any atom is 0.256 e. The Bertz CT molecular complexity index is 1090. The van der Waals surface area contributed by atoms with Crippen LogP contribution in [0, 0.1) is 10.5 Å². The van der Waals surface area contributed by atoms with Gasteiger partial charge in [0.2, 0.25) is 4.96 Å². The monoisotopic (exact) mass is 461 g/mol. The second kappa shape index (κ2) is 6.52. The fourth-order valence-corrected chi connectivity index (χ4v) is 3.99. The molecule has 124 valence electrons. The fraction of sp³-hybridized carbons (Fsp3) is 0.0588. The smallest absolute Gasteiger partial charge is 0.256 e. The van der Waals surface area contributed by atoms with E-state index in [2.05, 4.69) is 43.2 Å². The number of amides is 1. The van der Waals surface area contributed by atoms with Gasteiger partial charge in [-0.15, -0.1) is 10.2 Å². The Hall–Kier alpha value is -2.33. The van der Waals surface area contributed by atoms with Crippen molar-refractivity contribution < 1.29 is 4.79 Å². The van der Waals surface area contributed by atoms with E-state index in [4.69, 9.17) is 0 Å². The molecule has 0 atom stereocenters. The lowest BCUT2D eigenvalue weighted by molar-refractivity contribution is 0.102. The summed E-state index contributed by atoms with van der Waals surface area (Å²) >= 11 is 3.60. The molecule has 25 heavy (non-hydrogen) atoms. The molecule has 4 rings (SSSR count). The van der Waals surface area contributed by atoms with Crippen molar-refractivity contribution in [3.63, 3.8) is 0 Å². The molecule has 2 aromatic carbocycles. The first-order chi connectivity index (χ1) is 12.1. The molecule has 0 aliphatic rings. The third kappa shape index (κ3) is 3.02.